The Bertz CT molecular complexity index is 798. The first-order valence-electron chi connectivity index (χ1n) is 9.24. The molecule has 2 N–H and O–H groups in total. The summed E-state index contributed by atoms with van der Waals surface area (Å²) in [6, 6.07) is 16.5. The minimum Gasteiger partial charge on any atom is -0.444 e. The molecule has 0 heterocycles. The van der Waals surface area contributed by atoms with Gasteiger partial charge in [-0.05, 0) is 58.6 Å². The van der Waals surface area contributed by atoms with E-state index in [1.54, 1.807) is 45.0 Å². The average Bonchev–Trinajstić information content (AvgIpc) is 2.60. The van der Waals surface area contributed by atoms with Gasteiger partial charge in [-0.15, -0.1) is 0 Å². The average molecular weight is 383 g/mol. The van der Waals surface area contributed by atoms with Crippen molar-refractivity contribution in [2.24, 2.45) is 0 Å². The maximum absolute atomic E-state index is 12.8. The fraction of sp³-hybridized carbons (Fsp3) is 0.364. The highest BCUT2D eigenvalue weighted by Gasteiger charge is 2.18. The van der Waals surface area contributed by atoms with Crippen LogP contribution in [-0.4, -0.2) is 43.1 Å². The Morgan fingerprint density at radius 3 is 2.32 bits per heavy atom. The number of likely N-dealkylation sites (N-methyl/N-ethyl adjacent to an activating group) is 1. The van der Waals surface area contributed by atoms with Crippen LogP contribution in [0.5, 0.6) is 0 Å². The summed E-state index contributed by atoms with van der Waals surface area (Å²) < 4.78 is 5.25. The Morgan fingerprint density at radius 1 is 1.04 bits per heavy atom. The molecule has 0 saturated heterocycles. The predicted octanol–water partition coefficient (Wildman–Crippen LogP) is 4.07. The molecule has 0 aromatic heterocycles. The number of nitrogens with zero attached hydrogens (tertiary/aromatic N) is 1. The molecule has 0 unspecified atom stereocenters. The molecular weight excluding hydrogens is 354 g/mol. The zero-order valence-corrected chi connectivity index (χ0v) is 17.2. The Balaban J connectivity index is 2.11. The first-order chi connectivity index (χ1) is 13.1. The molecule has 28 heavy (non-hydrogen) atoms. The summed E-state index contributed by atoms with van der Waals surface area (Å²) in [7, 11) is 3.93. The third-order valence-corrected chi connectivity index (χ3v) is 3.83. The van der Waals surface area contributed by atoms with Crippen LogP contribution >= 0.6 is 0 Å². The minimum atomic E-state index is -0.589. The van der Waals surface area contributed by atoms with Crippen molar-refractivity contribution >= 4 is 17.7 Å². The fourth-order valence-corrected chi connectivity index (χ4v) is 2.69. The van der Waals surface area contributed by atoms with Gasteiger partial charge < -0.3 is 15.0 Å². The first-order valence-corrected chi connectivity index (χ1v) is 9.24. The molecule has 0 fully saturated rings. The SMILES string of the molecule is CN(C)C[C@@H](NC(=O)c1cccc(NC(=O)OC(C)(C)C)c1)c1ccccc1. The van der Waals surface area contributed by atoms with Gasteiger partial charge in [0, 0.05) is 17.8 Å². The van der Waals surface area contributed by atoms with Crippen molar-refractivity contribution in [3.63, 3.8) is 0 Å². The van der Waals surface area contributed by atoms with Gasteiger partial charge >= 0.3 is 6.09 Å². The van der Waals surface area contributed by atoms with Gasteiger partial charge in [0.05, 0.1) is 6.04 Å². The van der Waals surface area contributed by atoms with Crippen molar-refractivity contribution in [1.29, 1.82) is 0 Å². The monoisotopic (exact) mass is 383 g/mol. The number of amides is 2. The highest BCUT2D eigenvalue weighted by molar-refractivity contribution is 5.96. The number of hydrogen-bond acceptors (Lipinski definition) is 4. The maximum atomic E-state index is 12.8. The molecule has 0 saturated carbocycles. The summed E-state index contributed by atoms with van der Waals surface area (Å²) in [6.45, 7) is 6.06. The quantitative estimate of drug-likeness (QED) is 0.789. The number of anilines is 1. The third-order valence-electron chi connectivity index (χ3n) is 3.83. The molecule has 0 aliphatic heterocycles. The maximum Gasteiger partial charge on any atom is 0.412 e. The van der Waals surface area contributed by atoms with Gasteiger partial charge in [-0.3, -0.25) is 10.1 Å². The number of nitrogens with one attached hydrogen (secondary N) is 2. The summed E-state index contributed by atoms with van der Waals surface area (Å²) in [6.07, 6.45) is -0.556. The first kappa shape index (κ1) is 21.4. The van der Waals surface area contributed by atoms with E-state index < -0.39 is 11.7 Å². The fourth-order valence-electron chi connectivity index (χ4n) is 2.69. The molecule has 0 aliphatic rings. The Morgan fingerprint density at radius 2 is 1.71 bits per heavy atom. The van der Waals surface area contributed by atoms with Crippen LogP contribution in [0, 0.1) is 0 Å². The lowest BCUT2D eigenvalue weighted by Gasteiger charge is -2.23. The smallest absolute Gasteiger partial charge is 0.412 e. The lowest BCUT2D eigenvalue weighted by Crippen LogP contribution is -2.35. The normalized spacial score (nSPS) is 12.4. The highest BCUT2D eigenvalue weighted by Crippen LogP contribution is 2.17. The van der Waals surface area contributed by atoms with E-state index >= 15 is 0 Å². The molecule has 2 aromatic carbocycles. The Kier molecular flexibility index (Phi) is 7.18. The van der Waals surface area contributed by atoms with Crippen LogP contribution in [0.4, 0.5) is 10.5 Å². The van der Waals surface area contributed by atoms with Crippen LogP contribution in [0.3, 0.4) is 0 Å². The van der Waals surface area contributed by atoms with Crippen molar-refractivity contribution in [2.75, 3.05) is 26.0 Å². The minimum absolute atomic E-state index is 0.147. The number of rotatable bonds is 6. The predicted molar refractivity (Wildman–Crippen MR) is 112 cm³/mol. The van der Waals surface area contributed by atoms with Gasteiger partial charge in [0.25, 0.3) is 5.91 Å². The Labute approximate surface area is 166 Å². The second-order valence-corrected chi connectivity index (χ2v) is 7.91. The number of ether oxygens (including phenoxy) is 1. The molecule has 0 bridgehead atoms. The molecule has 2 amide bonds. The van der Waals surface area contributed by atoms with Gasteiger partial charge in [-0.2, -0.15) is 0 Å². The summed E-state index contributed by atoms with van der Waals surface area (Å²) >= 11 is 0. The number of hydrogen-bond donors (Lipinski definition) is 2. The zero-order valence-electron chi connectivity index (χ0n) is 17.2. The molecule has 6 nitrogen and oxygen atoms in total. The molecule has 1 atom stereocenters. The molecular formula is C22H29N3O3. The van der Waals surface area contributed by atoms with Crippen molar-refractivity contribution < 1.29 is 14.3 Å². The molecule has 0 spiro atoms. The topological polar surface area (TPSA) is 70.7 Å². The van der Waals surface area contributed by atoms with Crippen molar-refractivity contribution in [3.05, 3.63) is 65.7 Å². The third kappa shape index (κ3) is 7.04. The summed E-state index contributed by atoms with van der Waals surface area (Å²) in [5.41, 5.74) is 1.42. The molecule has 6 heteroatoms. The number of carbonyl (C=O) groups is 2. The van der Waals surface area contributed by atoms with Gasteiger partial charge in [0.1, 0.15) is 5.60 Å². The van der Waals surface area contributed by atoms with E-state index in [9.17, 15) is 9.59 Å². The van der Waals surface area contributed by atoms with Gasteiger partial charge in [0.15, 0.2) is 0 Å². The van der Waals surface area contributed by atoms with Crippen LogP contribution in [-0.2, 0) is 4.74 Å². The second-order valence-electron chi connectivity index (χ2n) is 7.91. The lowest BCUT2D eigenvalue weighted by atomic mass is 10.1. The molecule has 0 aliphatic carbocycles. The summed E-state index contributed by atoms with van der Waals surface area (Å²) in [5.74, 6) is -0.205. The largest absolute Gasteiger partial charge is 0.444 e. The van der Waals surface area contributed by atoms with Crippen molar-refractivity contribution in [3.8, 4) is 0 Å². The van der Waals surface area contributed by atoms with Gasteiger partial charge in [-0.25, -0.2) is 4.79 Å². The van der Waals surface area contributed by atoms with Crippen LogP contribution in [0.25, 0.3) is 0 Å². The zero-order chi connectivity index (χ0) is 20.7. The Hall–Kier alpha value is -2.86. The van der Waals surface area contributed by atoms with E-state index in [1.807, 2.05) is 49.3 Å². The highest BCUT2D eigenvalue weighted by atomic mass is 16.6. The second kappa shape index (κ2) is 9.37. The standard InChI is InChI=1S/C22H29N3O3/c1-22(2,3)28-21(27)23-18-13-9-12-17(14-18)20(26)24-19(15-25(4)5)16-10-7-6-8-11-16/h6-14,19H,15H2,1-5H3,(H,23,27)(H,24,26)/t19-/m1/s1. The van der Waals surface area contributed by atoms with E-state index in [2.05, 4.69) is 10.6 Å². The molecule has 2 rings (SSSR count). The molecule has 0 radical (unpaired) electrons. The molecule has 2 aromatic rings. The molecule has 150 valence electrons. The van der Waals surface area contributed by atoms with Crippen LogP contribution in [0.2, 0.25) is 0 Å². The summed E-state index contributed by atoms with van der Waals surface area (Å²) in [4.78, 5) is 26.8. The van der Waals surface area contributed by atoms with Crippen LogP contribution in [0.15, 0.2) is 54.6 Å². The van der Waals surface area contributed by atoms with Crippen molar-refractivity contribution in [1.82, 2.24) is 10.2 Å². The van der Waals surface area contributed by atoms with E-state index in [-0.39, 0.29) is 11.9 Å². The van der Waals surface area contributed by atoms with E-state index in [1.165, 1.54) is 0 Å². The van der Waals surface area contributed by atoms with E-state index in [0.717, 1.165) is 5.56 Å². The van der Waals surface area contributed by atoms with Gasteiger partial charge in [-0.1, -0.05) is 36.4 Å². The van der Waals surface area contributed by atoms with Crippen molar-refractivity contribution in [2.45, 2.75) is 32.4 Å². The summed E-state index contributed by atoms with van der Waals surface area (Å²) in [5, 5.41) is 5.74. The van der Waals surface area contributed by atoms with Crippen LogP contribution < -0.4 is 10.6 Å². The van der Waals surface area contributed by atoms with Gasteiger partial charge in [0.2, 0.25) is 0 Å². The number of benzene rings is 2. The lowest BCUT2D eigenvalue weighted by molar-refractivity contribution is 0.0635. The van der Waals surface area contributed by atoms with Crippen LogP contribution in [0.1, 0.15) is 42.7 Å². The van der Waals surface area contributed by atoms with E-state index in [4.69, 9.17) is 4.74 Å². The van der Waals surface area contributed by atoms with E-state index in [0.29, 0.717) is 17.8 Å². The number of carbonyl (C=O) groups excluding carboxylic acids is 2.